The number of halogens is 2. The number of hydrogen-bond acceptors (Lipinski definition) is 4. The molecule has 1 fully saturated rings. The smallest absolute Gasteiger partial charge is 0.248 e. The molecule has 1 heterocycles. The Bertz CT molecular complexity index is 815. The van der Waals surface area contributed by atoms with E-state index in [9.17, 15) is 14.0 Å². The van der Waals surface area contributed by atoms with Gasteiger partial charge in [0.2, 0.25) is 5.92 Å². The number of nitrogens with zero attached hydrogens (tertiary/aromatic N) is 3. The van der Waals surface area contributed by atoms with Crippen LogP contribution in [0.2, 0.25) is 0 Å². The molecule has 1 N–H and O–H groups in total. The Labute approximate surface area is 157 Å². The van der Waals surface area contributed by atoms with E-state index >= 15 is 0 Å². The Hall–Kier alpha value is -2.46. The third-order valence-electron chi connectivity index (χ3n) is 5.03. The van der Waals surface area contributed by atoms with Crippen molar-refractivity contribution in [3.8, 4) is 11.8 Å². The van der Waals surface area contributed by atoms with Crippen LogP contribution in [0.25, 0.3) is 0 Å². The highest BCUT2D eigenvalue weighted by Gasteiger charge is 2.37. The summed E-state index contributed by atoms with van der Waals surface area (Å²) in [5.74, 6) is -1.97. The minimum atomic E-state index is -2.61. The summed E-state index contributed by atoms with van der Waals surface area (Å²) in [6, 6.07) is 9.40. The van der Waals surface area contributed by atoms with Gasteiger partial charge in [0.25, 0.3) is 0 Å². The number of hydrogen-bond donors (Lipinski definition) is 1. The fraction of sp³-hybridized carbons (Fsp3) is 0.500. The zero-order valence-corrected chi connectivity index (χ0v) is 15.3. The highest BCUT2D eigenvalue weighted by atomic mass is 19.3. The van der Waals surface area contributed by atoms with Crippen molar-refractivity contribution in [1.29, 1.82) is 5.26 Å². The molecule has 1 aliphatic carbocycles. The lowest BCUT2D eigenvalue weighted by Gasteiger charge is -2.29. The van der Waals surface area contributed by atoms with Crippen LogP contribution in [0.1, 0.15) is 54.2 Å². The summed E-state index contributed by atoms with van der Waals surface area (Å²) in [5, 5.41) is 22.9. The highest BCUT2D eigenvalue weighted by molar-refractivity contribution is 5.38. The van der Waals surface area contributed by atoms with E-state index in [2.05, 4.69) is 11.2 Å². The predicted octanol–water partition coefficient (Wildman–Crippen LogP) is 3.93. The number of aliphatic hydroxyl groups is 1. The van der Waals surface area contributed by atoms with Crippen LogP contribution >= 0.6 is 0 Å². The Morgan fingerprint density at radius 1 is 1.30 bits per heavy atom. The van der Waals surface area contributed by atoms with E-state index < -0.39 is 5.92 Å². The Balaban J connectivity index is 1.77. The van der Waals surface area contributed by atoms with Crippen LogP contribution in [0.4, 0.5) is 8.78 Å². The van der Waals surface area contributed by atoms with Gasteiger partial charge in [-0.2, -0.15) is 10.4 Å². The molecule has 144 valence electrons. The first-order valence-corrected chi connectivity index (χ1v) is 9.12. The number of nitriles is 1. The van der Waals surface area contributed by atoms with Crippen molar-refractivity contribution in [3.63, 3.8) is 0 Å². The van der Waals surface area contributed by atoms with Crippen LogP contribution in [-0.2, 0) is 13.0 Å². The van der Waals surface area contributed by atoms with Gasteiger partial charge in [-0.1, -0.05) is 12.1 Å². The van der Waals surface area contributed by atoms with Crippen LogP contribution in [0, 0.1) is 18.3 Å². The fourth-order valence-corrected chi connectivity index (χ4v) is 3.48. The van der Waals surface area contributed by atoms with Crippen molar-refractivity contribution in [1.82, 2.24) is 9.78 Å². The van der Waals surface area contributed by atoms with Gasteiger partial charge in [0.05, 0.1) is 23.0 Å². The standard InChI is InChI=1S/C20H23F2N3O2/c1-14-18(12-23)19(13-27-17-4-2-15(3-5-17)8-11-26)25(24-14)16-6-9-20(21,22)10-7-16/h2-5,16,26H,6-11,13H2,1H3. The largest absolute Gasteiger partial charge is 0.487 e. The summed E-state index contributed by atoms with van der Waals surface area (Å²) in [5.41, 5.74) is 2.67. The molecule has 3 rings (SSSR count). The zero-order chi connectivity index (χ0) is 19.4. The minimum absolute atomic E-state index is 0.0879. The summed E-state index contributed by atoms with van der Waals surface area (Å²) in [4.78, 5) is 0. The lowest BCUT2D eigenvalue weighted by molar-refractivity contribution is -0.0454. The lowest BCUT2D eigenvalue weighted by Crippen LogP contribution is -2.28. The highest BCUT2D eigenvalue weighted by Crippen LogP contribution is 2.39. The monoisotopic (exact) mass is 375 g/mol. The minimum Gasteiger partial charge on any atom is -0.487 e. The molecule has 0 bridgehead atoms. The molecule has 0 saturated heterocycles. The predicted molar refractivity (Wildman–Crippen MR) is 95.7 cm³/mol. The normalized spacial score (nSPS) is 16.9. The molecule has 0 unspecified atom stereocenters. The average Bonchev–Trinajstić information content (AvgIpc) is 2.96. The number of benzene rings is 1. The van der Waals surface area contributed by atoms with E-state index in [0.717, 1.165) is 5.56 Å². The Morgan fingerprint density at radius 2 is 1.96 bits per heavy atom. The van der Waals surface area contributed by atoms with Gasteiger partial charge >= 0.3 is 0 Å². The van der Waals surface area contributed by atoms with E-state index in [1.807, 2.05) is 24.3 Å². The maximum atomic E-state index is 13.5. The Kier molecular flexibility index (Phi) is 5.76. The number of aromatic nitrogens is 2. The van der Waals surface area contributed by atoms with Crippen molar-refractivity contribution in [2.24, 2.45) is 0 Å². The second kappa shape index (κ2) is 8.05. The van der Waals surface area contributed by atoms with Gasteiger partial charge in [-0.25, -0.2) is 8.78 Å². The molecular weight excluding hydrogens is 352 g/mol. The number of aliphatic hydroxyl groups excluding tert-OH is 1. The van der Waals surface area contributed by atoms with Crippen molar-refractivity contribution in [2.45, 2.75) is 57.6 Å². The van der Waals surface area contributed by atoms with Crippen molar-refractivity contribution in [2.75, 3.05) is 6.61 Å². The first-order chi connectivity index (χ1) is 12.9. The maximum absolute atomic E-state index is 13.5. The van der Waals surface area contributed by atoms with E-state index in [4.69, 9.17) is 9.84 Å². The number of alkyl halides is 2. The molecule has 0 spiro atoms. The SMILES string of the molecule is Cc1nn(C2CCC(F)(F)CC2)c(COc2ccc(CCO)cc2)c1C#N. The molecule has 1 aromatic carbocycles. The summed E-state index contributed by atoms with van der Waals surface area (Å²) in [6.45, 7) is 1.99. The van der Waals surface area contributed by atoms with E-state index in [0.29, 0.717) is 42.0 Å². The van der Waals surface area contributed by atoms with Crippen molar-refractivity contribution < 1.29 is 18.6 Å². The van der Waals surface area contributed by atoms with Gasteiger partial charge in [-0.15, -0.1) is 0 Å². The molecular formula is C20H23F2N3O2. The van der Waals surface area contributed by atoms with Gasteiger partial charge in [0.1, 0.15) is 18.4 Å². The van der Waals surface area contributed by atoms with Crippen LogP contribution in [-0.4, -0.2) is 27.4 Å². The van der Waals surface area contributed by atoms with Gasteiger partial charge < -0.3 is 9.84 Å². The molecule has 27 heavy (non-hydrogen) atoms. The van der Waals surface area contributed by atoms with Gasteiger partial charge in [0.15, 0.2) is 0 Å². The molecule has 0 radical (unpaired) electrons. The van der Waals surface area contributed by atoms with Crippen LogP contribution in [0.15, 0.2) is 24.3 Å². The quantitative estimate of drug-likeness (QED) is 0.830. The number of rotatable bonds is 6. The Morgan fingerprint density at radius 3 is 2.56 bits per heavy atom. The van der Waals surface area contributed by atoms with E-state index in [-0.39, 0.29) is 32.1 Å². The molecule has 0 aliphatic heterocycles. The molecule has 1 aliphatic rings. The lowest BCUT2D eigenvalue weighted by atomic mass is 9.92. The van der Waals surface area contributed by atoms with Crippen LogP contribution < -0.4 is 4.74 Å². The fourth-order valence-electron chi connectivity index (χ4n) is 3.48. The van der Waals surface area contributed by atoms with Crippen LogP contribution in [0.5, 0.6) is 5.75 Å². The molecule has 1 saturated carbocycles. The summed E-state index contributed by atoms with van der Waals surface area (Å²) in [7, 11) is 0. The van der Waals surface area contributed by atoms with E-state index in [1.165, 1.54) is 0 Å². The topological polar surface area (TPSA) is 71.1 Å². The van der Waals surface area contributed by atoms with Gasteiger partial charge in [-0.3, -0.25) is 4.68 Å². The molecule has 5 nitrogen and oxygen atoms in total. The molecule has 2 aromatic rings. The van der Waals surface area contributed by atoms with E-state index in [1.54, 1.807) is 11.6 Å². The summed E-state index contributed by atoms with van der Waals surface area (Å²) >= 11 is 0. The third-order valence-corrected chi connectivity index (χ3v) is 5.03. The summed E-state index contributed by atoms with van der Waals surface area (Å²) in [6.07, 6.45) is 0.928. The third kappa shape index (κ3) is 4.45. The first-order valence-electron chi connectivity index (χ1n) is 9.12. The van der Waals surface area contributed by atoms with Crippen molar-refractivity contribution in [3.05, 3.63) is 46.8 Å². The number of ether oxygens (including phenoxy) is 1. The second-order valence-corrected chi connectivity index (χ2v) is 6.96. The molecule has 1 aromatic heterocycles. The second-order valence-electron chi connectivity index (χ2n) is 6.96. The number of aryl methyl sites for hydroxylation is 1. The molecule has 0 amide bonds. The first kappa shape index (κ1) is 19.3. The van der Waals surface area contributed by atoms with Gasteiger partial charge in [0, 0.05) is 19.4 Å². The molecule has 0 atom stereocenters. The van der Waals surface area contributed by atoms with Crippen molar-refractivity contribution >= 4 is 0 Å². The maximum Gasteiger partial charge on any atom is 0.248 e. The molecule has 7 heteroatoms. The summed E-state index contributed by atoms with van der Waals surface area (Å²) < 4.78 is 34.5. The average molecular weight is 375 g/mol. The van der Waals surface area contributed by atoms with Gasteiger partial charge in [-0.05, 0) is 43.9 Å². The zero-order valence-electron chi connectivity index (χ0n) is 15.3. The van der Waals surface area contributed by atoms with Crippen LogP contribution in [0.3, 0.4) is 0 Å².